The standard InChI is InChI=1S/C41H80/c1-2-6-10-14-18-22-26-30-35-40(34-29-25-21-17-13-9-5-1)38-33-39-41-36-31-27-23-19-15-11-7-3-4-8-12-16-20-24-28-32-37-41/h40-41H,1-39H2. The molecule has 2 saturated carbocycles. The van der Waals surface area contributed by atoms with Crippen LogP contribution in [0.15, 0.2) is 0 Å². The highest BCUT2D eigenvalue weighted by molar-refractivity contribution is 4.66. The summed E-state index contributed by atoms with van der Waals surface area (Å²) in [4.78, 5) is 0. The molecule has 0 nitrogen and oxygen atoms in total. The van der Waals surface area contributed by atoms with E-state index in [1.165, 1.54) is 212 Å². The first kappa shape index (κ1) is 37.2. The summed E-state index contributed by atoms with van der Waals surface area (Å²) in [7, 11) is 0. The van der Waals surface area contributed by atoms with Gasteiger partial charge in [0, 0.05) is 0 Å². The van der Waals surface area contributed by atoms with Gasteiger partial charge in [-0.3, -0.25) is 0 Å². The highest BCUT2D eigenvalue weighted by Gasteiger charge is 2.13. The van der Waals surface area contributed by atoms with Crippen LogP contribution >= 0.6 is 0 Å². The van der Waals surface area contributed by atoms with Crippen LogP contribution in [0.1, 0.15) is 250 Å². The summed E-state index contributed by atoms with van der Waals surface area (Å²) in [5, 5.41) is 0. The van der Waals surface area contributed by atoms with E-state index in [-0.39, 0.29) is 0 Å². The molecule has 2 aliphatic rings. The molecule has 0 bridgehead atoms. The Morgan fingerprint density at radius 3 is 0.512 bits per heavy atom. The SMILES string of the molecule is C1CCCCCCCCCC(CCCC2CCCCCCCCCCCCCCCCCC2)CCCCCCCC1. The van der Waals surface area contributed by atoms with Crippen LogP contribution < -0.4 is 0 Å². The van der Waals surface area contributed by atoms with Gasteiger partial charge in [0.1, 0.15) is 0 Å². The predicted molar refractivity (Wildman–Crippen MR) is 187 cm³/mol. The lowest BCUT2D eigenvalue weighted by atomic mass is 9.85. The Balaban J connectivity index is 1.71. The van der Waals surface area contributed by atoms with Crippen molar-refractivity contribution in [3.05, 3.63) is 0 Å². The molecule has 0 aliphatic heterocycles. The highest BCUT2D eigenvalue weighted by atomic mass is 14.2. The Bertz CT molecular complexity index is 410. The van der Waals surface area contributed by atoms with E-state index in [9.17, 15) is 0 Å². The number of hydrogen-bond acceptors (Lipinski definition) is 0. The van der Waals surface area contributed by atoms with E-state index in [2.05, 4.69) is 0 Å². The molecule has 2 aliphatic carbocycles. The van der Waals surface area contributed by atoms with E-state index in [4.69, 9.17) is 0 Å². The summed E-state index contributed by atoms with van der Waals surface area (Å²) < 4.78 is 0. The maximum Gasteiger partial charge on any atom is -0.0414 e. The lowest BCUT2D eigenvalue weighted by Gasteiger charge is -2.21. The molecule has 0 saturated heterocycles. The number of rotatable bonds is 4. The van der Waals surface area contributed by atoms with E-state index in [1.807, 2.05) is 0 Å². The summed E-state index contributed by atoms with van der Waals surface area (Å²) in [5.74, 6) is 2.08. The fourth-order valence-electron chi connectivity index (χ4n) is 8.24. The third-order valence-corrected chi connectivity index (χ3v) is 11.2. The second kappa shape index (κ2) is 30.0. The molecule has 0 aromatic heterocycles. The monoisotopic (exact) mass is 573 g/mol. The molecule has 0 aromatic carbocycles. The van der Waals surface area contributed by atoms with Crippen molar-refractivity contribution in [3.8, 4) is 0 Å². The fourth-order valence-corrected chi connectivity index (χ4v) is 8.24. The van der Waals surface area contributed by atoms with Crippen molar-refractivity contribution in [2.24, 2.45) is 11.8 Å². The Hall–Kier alpha value is 0. The predicted octanol–water partition coefficient (Wildman–Crippen LogP) is 15.5. The summed E-state index contributed by atoms with van der Waals surface area (Å²) in [6, 6.07) is 0. The Kier molecular flexibility index (Phi) is 27.3. The van der Waals surface area contributed by atoms with Crippen molar-refractivity contribution in [2.45, 2.75) is 250 Å². The molecule has 0 heteroatoms. The van der Waals surface area contributed by atoms with Crippen molar-refractivity contribution in [3.63, 3.8) is 0 Å². The van der Waals surface area contributed by atoms with E-state index >= 15 is 0 Å². The Morgan fingerprint density at radius 1 is 0.195 bits per heavy atom. The third-order valence-electron chi connectivity index (χ3n) is 11.2. The van der Waals surface area contributed by atoms with Crippen LogP contribution in [-0.4, -0.2) is 0 Å². The van der Waals surface area contributed by atoms with Crippen LogP contribution in [0.3, 0.4) is 0 Å². The lowest BCUT2D eigenvalue weighted by Crippen LogP contribution is -2.06. The van der Waals surface area contributed by atoms with Gasteiger partial charge in [0.15, 0.2) is 0 Å². The van der Waals surface area contributed by atoms with Crippen molar-refractivity contribution >= 4 is 0 Å². The molecule has 0 radical (unpaired) electrons. The smallest absolute Gasteiger partial charge is 0.0414 e. The van der Waals surface area contributed by atoms with Crippen molar-refractivity contribution < 1.29 is 0 Å². The normalized spacial score (nSPS) is 24.6. The largest absolute Gasteiger partial charge is 0.0533 e. The van der Waals surface area contributed by atoms with Gasteiger partial charge in [-0.1, -0.05) is 250 Å². The minimum Gasteiger partial charge on any atom is -0.0533 e. The zero-order valence-electron chi connectivity index (χ0n) is 28.7. The Labute approximate surface area is 261 Å². The first-order chi connectivity index (χ1) is 20.4. The van der Waals surface area contributed by atoms with Crippen LogP contribution in [-0.2, 0) is 0 Å². The zero-order chi connectivity index (χ0) is 28.7. The maximum atomic E-state index is 1.55. The molecular weight excluding hydrogens is 492 g/mol. The van der Waals surface area contributed by atoms with Gasteiger partial charge in [0.05, 0.1) is 0 Å². The molecule has 0 atom stereocenters. The van der Waals surface area contributed by atoms with Crippen molar-refractivity contribution in [2.75, 3.05) is 0 Å². The summed E-state index contributed by atoms with van der Waals surface area (Å²) in [6.07, 6.45) is 59.1. The van der Waals surface area contributed by atoms with Gasteiger partial charge in [0.2, 0.25) is 0 Å². The molecule has 2 rings (SSSR count). The first-order valence-electron chi connectivity index (χ1n) is 20.4. The van der Waals surface area contributed by atoms with Crippen LogP contribution in [0, 0.1) is 11.8 Å². The van der Waals surface area contributed by atoms with E-state index in [0.29, 0.717) is 0 Å². The maximum absolute atomic E-state index is 1.55. The summed E-state index contributed by atoms with van der Waals surface area (Å²) >= 11 is 0. The van der Waals surface area contributed by atoms with Gasteiger partial charge in [-0.15, -0.1) is 0 Å². The van der Waals surface area contributed by atoms with Gasteiger partial charge >= 0.3 is 0 Å². The molecule has 0 aromatic rings. The van der Waals surface area contributed by atoms with E-state index in [0.717, 1.165) is 11.8 Å². The molecule has 41 heavy (non-hydrogen) atoms. The van der Waals surface area contributed by atoms with Gasteiger partial charge in [-0.25, -0.2) is 0 Å². The number of hydrogen-bond donors (Lipinski definition) is 0. The molecular formula is C41H80. The van der Waals surface area contributed by atoms with Gasteiger partial charge in [-0.2, -0.15) is 0 Å². The zero-order valence-corrected chi connectivity index (χ0v) is 28.7. The molecule has 0 unspecified atom stereocenters. The average Bonchev–Trinajstić information content (AvgIpc) is 2.98. The first-order valence-corrected chi connectivity index (χ1v) is 20.4. The average molecular weight is 573 g/mol. The minimum atomic E-state index is 1.04. The van der Waals surface area contributed by atoms with Crippen LogP contribution in [0.2, 0.25) is 0 Å². The van der Waals surface area contributed by atoms with Gasteiger partial charge < -0.3 is 0 Å². The van der Waals surface area contributed by atoms with Gasteiger partial charge in [-0.05, 0) is 11.8 Å². The Morgan fingerprint density at radius 2 is 0.341 bits per heavy atom. The molecule has 244 valence electrons. The van der Waals surface area contributed by atoms with Crippen LogP contribution in [0.25, 0.3) is 0 Å². The highest BCUT2D eigenvalue weighted by Crippen LogP contribution is 2.29. The molecule has 2 fully saturated rings. The second-order valence-corrected chi connectivity index (χ2v) is 15.1. The van der Waals surface area contributed by atoms with Crippen molar-refractivity contribution in [1.82, 2.24) is 0 Å². The van der Waals surface area contributed by atoms with Crippen LogP contribution in [0.5, 0.6) is 0 Å². The van der Waals surface area contributed by atoms with Crippen molar-refractivity contribution in [1.29, 1.82) is 0 Å². The molecule has 0 amide bonds. The van der Waals surface area contributed by atoms with E-state index < -0.39 is 0 Å². The minimum absolute atomic E-state index is 1.04. The fraction of sp³-hybridized carbons (Fsp3) is 1.00. The lowest BCUT2D eigenvalue weighted by molar-refractivity contribution is 0.326. The molecule has 0 spiro atoms. The topological polar surface area (TPSA) is 0 Å². The van der Waals surface area contributed by atoms with Gasteiger partial charge in [0.25, 0.3) is 0 Å². The van der Waals surface area contributed by atoms with E-state index in [1.54, 1.807) is 38.5 Å². The third kappa shape index (κ3) is 25.1. The molecule has 0 N–H and O–H groups in total. The molecule has 0 heterocycles. The summed E-state index contributed by atoms with van der Waals surface area (Å²) in [5.41, 5.74) is 0. The second-order valence-electron chi connectivity index (χ2n) is 15.1. The van der Waals surface area contributed by atoms with Crippen LogP contribution in [0.4, 0.5) is 0 Å². The quantitative estimate of drug-likeness (QED) is 0.314. The summed E-state index contributed by atoms with van der Waals surface area (Å²) in [6.45, 7) is 0.